The standard InChI is InChI=1S/C13H14O5S/c1-2-3-4-18-13(17)12-11(16)7-5-8(14)9(15)6-10(7)19-12/h5-6,14-16H,2-4H2,1H3. The van der Waals surface area contributed by atoms with Crippen LogP contribution in [0.4, 0.5) is 0 Å². The van der Waals surface area contributed by atoms with Gasteiger partial charge in [0.1, 0.15) is 5.75 Å². The largest absolute Gasteiger partial charge is 0.505 e. The zero-order chi connectivity index (χ0) is 14.0. The van der Waals surface area contributed by atoms with Crippen molar-refractivity contribution in [2.24, 2.45) is 0 Å². The van der Waals surface area contributed by atoms with Crippen LogP contribution in [0.3, 0.4) is 0 Å². The molecule has 0 spiro atoms. The Labute approximate surface area is 113 Å². The number of carbonyl (C=O) groups excluding carboxylic acids is 1. The summed E-state index contributed by atoms with van der Waals surface area (Å²) in [4.78, 5) is 11.9. The van der Waals surface area contributed by atoms with Gasteiger partial charge in [0.05, 0.1) is 6.61 Å². The lowest BCUT2D eigenvalue weighted by Gasteiger charge is -2.01. The van der Waals surface area contributed by atoms with Gasteiger partial charge in [-0.25, -0.2) is 4.79 Å². The first-order valence-corrected chi connectivity index (χ1v) is 6.70. The molecule has 2 rings (SSSR count). The number of phenols is 2. The summed E-state index contributed by atoms with van der Waals surface area (Å²) in [5.74, 6) is -1.45. The van der Waals surface area contributed by atoms with Gasteiger partial charge in [0.2, 0.25) is 0 Å². The van der Waals surface area contributed by atoms with Crippen LogP contribution in [0.25, 0.3) is 10.1 Å². The smallest absolute Gasteiger partial charge is 0.352 e. The summed E-state index contributed by atoms with van der Waals surface area (Å²) < 4.78 is 5.54. The summed E-state index contributed by atoms with van der Waals surface area (Å²) in [5, 5.41) is 29.0. The van der Waals surface area contributed by atoms with Gasteiger partial charge in [0, 0.05) is 16.2 Å². The molecule has 0 aliphatic heterocycles. The van der Waals surface area contributed by atoms with Crippen molar-refractivity contribution in [3.8, 4) is 17.2 Å². The Morgan fingerprint density at radius 2 is 1.95 bits per heavy atom. The van der Waals surface area contributed by atoms with Gasteiger partial charge in [-0.15, -0.1) is 11.3 Å². The summed E-state index contributed by atoms with van der Waals surface area (Å²) in [6.07, 6.45) is 1.67. The predicted molar refractivity (Wildman–Crippen MR) is 72.0 cm³/mol. The maximum Gasteiger partial charge on any atom is 0.352 e. The minimum absolute atomic E-state index is 0.0797. The Morgan fingerprint density at radius 3 is 2.63 bits per heavy atom. The molecule has 6 heteroatoms. The molecule has 0 atom stereocenters. The van der Waals surface area contributed by atoms with Gasteiger partial charge >= 0.3 is 5.97 Å². The maximum atomic E-state index is 11.8. The molecule has 0 aliphatic carbocycles. The molecule has 0 saturated carbocycles. The molecule has 2 aromatic rings. The minimum Gasteiger partial charge on any atom is -0.505 e. The van der Waals surface area contributed by atoms with E-state index in [9.17, 15) is 20.1 Å². The highest BCUT2D eigenvalue weighted by atomic mass is 32.1. The number of rotatable bonds is 4. The number of carbonyl (C=O) groups is 1. The van der Waals surface area contributed by atoms with Crippen LogP contribution in [0, 0.1) is 0 Å². The molecule has 0 fully saturated rings. The predicted octanol–water partition coefficient (Wildman–Crippen LogP) is 2.98. The van der Waals surface area contributed by atoms with Gasteiger partial charge in [-0.1, -0.05) is 13.3 Å². The van der Waals surface area contributed by atoms with Crippen LogP contribution in [0.15, 0.2) is 12.1 Å². The number of thiophene rings is 1. The van der Waals surface area contributed by atoms with E-state index in [1.807, 2.05) is 6.92 Å². The highest BCUT2D eigenvalue weighted by molar-refractivity contribution is 7.21. The van der Waals surface area contributed by atoms with E-state index in [0.717, 1.165) is 24.2 Å². The van der Waals surface area contributed by atoms with E-state index < -0.39 is 5.97 Å². The lowest BCUT2D eigenvalue weighted by Crippen LogP contribution is -2.04. The van der Waals surface area contributed by atoms with Crippen molar-refractivity contribution in [3.63, 3.8) is 0 Å². The molecule has 0 amide bonds. The highest BCUT2D eigenvalue weighted by Crippen LogP contribution is 2.42. The number of benzene rings is 1. The summed E-state index contributed by atoms with van der Waals surface area (Å²) in [7, 11) is 0. The van der Waals surface area contributed by atoms with Crippen molar-refractivity contribution >= 4 is 27.4 Å². The third kappa shape index (κ3) is 2.58. The van der Waals surface area contributed by atoms with Crippen LogP contribution in [0.5, 0.6) is 17.2 Å². The molecule has 0 aliphatic rings. The second kappa shape index (κ2) is 5.36. The summed E-state index contributed by atoms with van der Waals surface area (Å²) in [6, 6.07) is 2.52. The van der Waals surface area contributed by atoms with Crippen LogP contribution in [0.2, 0.25) is 0 Å². The van der Waals surface area contributed by atoms with Crippen molar-refractivity contribution < 1.29 is 24.9 Å². The fourth-order valence-electron chi connectivity index (χ4n) is 1.62. The number of hydrogen-bond acceptors (Lipinski definition) is 6. The van der Waals surface area contributed by atoms with Crippen molar-refractivity contribution in [3.05, 3.63) is 17.0 Å². The fourth-order valence-corrected chi connectivity index (χ4v) is 2.63. The van der Waals surface area contributed by atoms with E-state index in [2.05, 4.69) is 0 Å². The monoisotopic (exact) mass is 282 g/mol. The molecule has 0 radical (unpaired) electrons. The Bertz CT molecular complexity index is 617. The molecule has 1 heterocycles. The van der Waals surface area contributed by atoms with Crippen molar-refractivity contribution in [1.82, 2.24) is 0 Å². The number of fused-ring (bicyclic) bond motifs is 1. The van der Waals surface area contributed by atoms with Gasteiger partial charge in [-0.3, -0.25) is 0 Å². The molecule has 19 heavy (non-hydrogen) atoms. The van der Waals surface area contributed by atoms with E-state index >= 15 is 0 Å². The van der Waals surface area contributed by atoms with Crippen molar-refractivity contribution in [1.29, 1.82) is 0 Å². The van der Waals surface area contributed by atoms with Crippen molar-refractivity contribution in [2.75, 3.05) is 6.61 Å². The van der Waals surface area contributed by atoms with E-state index in [-0.39, 0.29) is 22.1 Å². The quantitative estimate of drug-likeness (QED) is 0.456. The third-order valence-electron chi connectivity index (χ3n) is 2.68. The second-order valence-corrected chi connectivity index (χ2v) is 5.16. The summed E-state index contributed by atoms with van der Waals surface area (Å²) in [6.45, 7) is 2.29. The number of hydrogen-bond donors (Lipinski definition) is 3. The molecule has 3 N–H and O–H groups in total. The molecule has 5 nitrogen and oxygen atoms in total. The molecule has 102 valence electrons. The lowest BCUT2D eigenvalue weighted by molar-refractivity contribution is 0.0503. The number of aromatic hydroxyl groups is 3. The van der Waals surface area contributed by atoms with Crippen LogP contribution in [-0.2, 0) is 4.74 Å². The Hall–Kier alpha value is -1.95. The minimum atomic E-state index is -0.592. The highest BCUT2D eigenvalue weighted by Gasteiger charge is 2.20. The molecular weight excluding hydrogens is 268 g/mol. The maximum absolute atomic E-state index is 11.8. The first-order valence-electron chi connectivity index (χ1n) is 5.89. The average Bonchev–Trinajstić information content (AvgIpc) is 2.68. The zero-order valence-corrected chi connectivity index (χ0v) is 11.2. The summed E-state index contributed by atoms with van der Waals surface area (Å²) >= 11 is 1.02. The van der Waals surface area contributed by atoms with Gasteiger partial charge < -0.3 is 20.1 Å². The van der Waals surface area contributed by atoms with Gasteiger partial charge in [0.25, 0.3) is 0 Å². The van der Waals surface area contributed by atoms with Crippen LogP contribution in [0.1, 0.15) is 29.4 Å². The first kappa shape index (κ1) is 13.5. The van der Waals surface area contributed by atoms with Crippen LogP contribution in [-0.4, -0.2) is 27.9 Å². The normalized spacial score (nSPS) is 10.8. The molecule has 0 bridgehead atoms. The fraction of sp³-hybridized carbons (Fsp3) is 0.308. The summed E-state index contributed by atoms with van der Waals surface area (Å²) in [5.41, 5.74) is 0. The lowest BCUT2D eigenvalue weighted by atomic mass is 10.2. The third-order valence-corrected chi connectivity index (χ3v) is 3.80. The average molecular weight is 282 g/mol. The number of unbranched alkanes of at least 4 members (excludes halogenated alkanes) is 1. The van der Waals surface area contributed by atoms with E-state index in [0.29, 0.717) is 16.7 Å². The Morgan fingerprint density at radius 1 is 1.26 bits per heavy atom. The van der Waals surface area contributed by atoms with E-state index in [1.54, 1.807) is 0 Å². The molecule has 0 unspecified atom stereocenters. The van der Waals surface area contributed by atoms with Crippen molar-refractivity contribution in [2.45, 2.75) is 19.8 Å². The SMILES string of the molecule is CCCCOC(=O)c1sc2cc(O)c(O)cc2c1O. The molecule has 1 aromatic carbocycles. The van der Waals surface area contributed by atoms with Gasteiger partial charge in [-0.05, 0) is 12.5 Å². The zero-order valence-electron chi connectivity index (χ0n) is 10.3. The molecule has 0 saturated heterocycles. The number of phenolic OH excluding ortho intramolecular Hbond substituents is 2. The Kier molecular flexibility index (Phi) is 3.80. The van der Waals surface area contributed by atoms with Gasteiger partial charge in [-0.2, -0.15) is 0 Å². The van der Waals surface area contributed by atoms with E-state index in [4.69, 9.17) is 4.74 Å². The first-order chi connectivity index (χ1) is 9.04. The topological polar surface area (TPSA) is 87.0 Å². The number of esters is 1. The second-order valence-electron chi connectivity index (χ2n) is 4.11. The molecular formula is C13H14O5S. The van der Waals surface area contributed by atoms with Crippen LogP contribution >= 0.6 is 11.3 Å². The van der Waals surface area contributed by atoms with Gasteiger partial charge in [0.15, 0.2) is 16.4 Å². The molecule has 1 aromatic heterocycles. The van der Waals surface area contributed by atoms with E-state index in [1.165, 1.54) is 12.1 Å². The number of ether oxygens (including phenoxy) is 1. The van der Waals surface area contributed by atoms with Crippen LogP contribution < -0.4 is 0 Å². The Balaban J connectivity index is 2.34.